The third-order valence-electron chi connectivity index (χ3n) is 3.57. The van der Waals surface area contributed by atoms with E-state index in [1.807, 2.05) is 12.3 Å². The molecule has 86 valence electrons. The minimum atomic E-state index is 0.359. The summed E-state index contributed by atoms with van der Waals surface area (Å²) in [5.41, 5.74) is 6.59. The number of nitrogens with two attached hydrogens (primary N) is 1. The molecular formula is C12H17N3O. The minimum Gasteiger partial charge on any atom is -0.374 e. The van der Waals surface area contributed by atoms with E-state index in [1.54, 1.807) is 0 Å². The van der Waals surface area contributed by atoms with Gasteiger partial charge in [0.2, 0.25) is 0 Å². The van der Waals surface area contributed by atoms with Crippen molar-refractivity contribution in [3.63, 3.8) is 0 Å². The van der Waals surface area contributed by atoms with E-state index in [0.29, 0.717) is 24.7 Å². The van der Waals surface area contributed by atoms with Gasteiger partial charge in [0.15, 0.2) is 0 Å². The van der Waals surface area contributed by atoms with Crippen LogP contribution in [0.15, 0.2) is 12.3 Å². The summed E-state index contributed by atoms with van der Waals surface area (Å²) in [4.78, 5) is 8.98. The highest BCUT2D eigenvalue weighted by Gasteiger charge is 2.42. The fraction of sp³-hybridized carbons (Fsp3) is 0.667. The van der Waals surface area contributed by atoms with Gasteiger partial charge in [-0.2, -0.15) is 0 Å². The molecule has 0 saturated carbocycles. The summed E-state index contributed by atoms with van der Waals surface area (Å²) in [6, 6.07) is 1.95. The van der Waals surface area contributed by atoms with Gasteiger partial charge in [-0.15, -0.1) is 0 Å². The number of nitrogens with zero attached hydrogens (tertiary/aromatic N) is 2. The summed E-state index contributed by atoms with van der Waals surface area (Å²) in [6.45, 7) is 0.643. The lowest BCUT2D eigenvalue weighted by molar-refractivity contribution is 0.0998. The SMILES string of the molecule is NCCc1ccnc(C2CC3CCC2O3)n1. The van der Waals surface area contributed by atoms with Gasteiger partial charge in [-0.1, -0.05) is 0 Å². The quantitative estimate of drug-likeness (QED) is 0.824. The summed E-state index contributed by atoms with van der Waals surface area (Å²) in [6.07, 6.45) is 6.96. The van der Waals surface area contributed by atoms with E-state index in [9.17, 15) is 0 Å². The number of fused-ring (bicyclic) bond motifs is 2. The standard InChI is InChI=1S/C12H17N3O/c13-5-3-8-4-6-14-12(15-8)10-7-9-1-2-11(10)16-9/h4,6,9-11H,1-3,5,7,13H2. The Morgan fingerprint density at radius 1 is 1.44 bits per heavy atom. The van der Waals surface area contributed by atoms with Crippen molar-refractivity contribution in [2.45, 2.75) is 43.8 Å². The van der Waals surface area contributed by atoms with E-state index in [0.717, 1.165) is 24.4 Å². The Balaban J connectivity index is 1.81. The van der Waals surface area contributed by atoms with E-state index in [2.05, 4.69) is 9.97 Å². The minimum absolute atomic E-state index is 0.359. The first-order valence-electron chi connectivity index (χ1n) is 6.04. The molecule has 0 amide bonds. The Morgan fingerprint density at radius 2 is 2.38 bits per heavy atom. The van der Waals surface area contributed by atoms with Crippen molar-refractivity contribution in [2.24, 2.45) is 5.73 Å². The summed E-state index contributed by atoms with van der Waals surface area (Å²) in [7, 11) is 0. The van der Waals surface area contributed by atoms with Gasteiger partial charge < -0.3 is 10.5 Å². The summed E-state index contributed by atoms with van der Waals surface area (Å²) in [5.74, 6) is 1.37. The predicted octanol–water partition coefficient (Wildman–Crippen LogP) is 1.01. The lowest BCUT2D eigenvalue weighted by Crippen LogP contribution is -2.18. The van der Waals surface area contributed by atoms with Crippen LogP contribution in [0.25, 0.3) is 0 Å². The van der Waals surface area contributed by atoms with Gasteiger partial charge in [-0.05, 0) is 31.9 Å². The zero-order chi connectivity index (χ0) is 11.0. The molecule has 3 rings (SSSR count). The van der Waals surface area contributed by atoms with Gasteiger partial charge in [-0.25, -0.2) is 9.97 Å². The molecule has 0 radical (unpaired) electrons. The molecule has 3 unspecified atom stereocenters. The number of hydrogen-bond donors (Lipinski definition) is 1. The molecule has 1 aromatic heterocycles. The van der Waals surface area contributed by atoms with Crippen molar-refractivity contribution >= 4 is 0 Å². The van der Waals surface area contributed by atoms with Crippen LogP contribution in [0.1, 0.15) is 36.7 Å². The fourth-order valence-electron chi connectivity index (χ4n) is 2.79. The molecule has 3 heterocycles. The van der Waals surface area contributed by atoms with Crippen LogP contribution >= 0.6 is 0 Å². The zero-order valence-electron chi connectivity index (χ0n) is 9.30. The number of rotatable bonds is 3. The van der Waals surface area contributed by atoms with Gasteiger partial charge in [0.05, 0.1) is 12.2 Å². The van der Waals surface area contributed by atoms with E-state index in [-0.39, 0.29) is 0 Å². The maximum absolute atomic E-state index is 5.83. The Hall–Kier alpha value is -1.00. The van der Waals surface area contributed by atoms with Crippen molar-refractivity contribution in [1.29, 1.82) is 0 Å². The maximum atomic E-state index is 5.83. The Labute approximate surface area is 95.2 Å². The lowest BCUT2D eigenvalue weighted by Gasteiger charge is -2.17. The zero-order valence-corrected chi connectivity index (χ0v) is 9.30. The molecule has 2 bridgehead atoms. The van der Waals surface area contributed by atoms with E-state index in [4.69, 9.17) is 10.5 Å². The van der Waals surface area contributed by atoms with Gasteiger partial charge in [0.25, 0.3) is 0 Å². The van der Waals surface area contributed by atoms with Gasteiger partial charge in [0.1, 0.15) is 5.82 Å². The lowest BCUT2D eigenvalue weighted by atomic mass is 9.88. The van der Waals surface area contributed by atoms with Gasteiger partial charge >= 0.3 is 0 Å². The van der Waals surface area contributed by atoms with Crippen molar-refractivity contribution in [3.8, 4) is 0 Å². The molecule has 1 aromatic rings. The number of hydrogen-bond acceptors (Lipinski definition) is 4. The van der Waals surface area contributed by atoms with Crippen LogP contribution in [0.3, 0.4) is 0 Å². The first-order valence-corrected chi connectivity index (χ1v) is 6.04. The molecule has 0 aliphatic carbocycles. The van der Waals surface area contributed by atoms with Crippen LogP contribution in [0.2, 0.25) is 0 Å². The highest BCUT2D eigenvalue weighted by Crippen LogP contribution is 2.43. The van der Waals surface area contributed by atoms with Crippen molar-refractivity contribution in [1.82, 2.24) is 9.97 Å². The van der Waals surface area contributed by atoms with Crippen molar-refractivity contribution in [3.05, 3.63) is 23.8 Å². The summed E-state index contributed by atoms with van der Waals surface area (Å²) in [5, 5.41) is 0. The van der Waals surface area contributed by atoms with E-state index >= 15 is 0 Å². The summed E-state index contributed by atoms with van der Waals surface area (Å²) >= 11 is 0. The second kappa shape index (κ2) is 4.11. The third kappa shape index (κ3) is 1.72. The number of aromatic nitrogens is 2. The molecule has 2 aliphatic rings. The summed E-state index contributed by atoms with van der Waals surface area (Å²) < 4.78 is 5.83. The van der Waals surface area contributed by atoms with Crippen molar-refractivity contribution < 1.29 is 4.74 Å². The van der Waals surface area contributed by atoms with Crippen molar-refractivity contribution in [2.75, 3.05) is 6.54 Å². The first kappa shape index (κ1) is 10.2. The predicted molar refractivity (Wildman–Crippen MR) is 60.0 cm³/mol. The van der Waals surface area contributed by atoms with Gasteiger partial charge in [-0.3, -0.25) is 0 Å². The number of ether oxygens (including phenoxy) is 1. The second-order valence-corrected chi connectivity index (χ2v) is 4.66. The molecule has 16 heavy (non-hydrogen) atoms. The molecule has 2 saturated heterocycles. The average molecular weight is 219 g/mol. The normalized spacial score (nSPS) is 32.2. The van der Waals surface area contributed by atoms with Crippen LogP contribution < -0.4 is 5.73 Å². The highest BCUT2D eigenvalue weighted by molar-refractivity contribution is 5.11. The molecule has 2 aliphatic heterocycles. The van der Waals surface area contributed by atoms with Crippen LogP contribution in [0, 0.1) is 0 Å². The molecular weight excluding hydrogens is 202 g/mol. The van der Waals surface area contributed by atoms with Crippen LogP contribution in [0.4, 0.5) is 0 Å². The Kier molecular flexibility index (Phi) is 2.61. The molecule has 0 spiro atoms. The van der Waals surface area contributed by atoms with Crippen LogP contribution in [-0.2, 0) is 11.2 Å². The molecule has 2 N–H and O–H groups in total. The highest BCUT2D eigenvalue weighted by atomic mass is 16.5. The topological polar surface area (TPSA) is 61.0 Å². The molecule has 2 fully saturated rings. The molecule has 0 aromatic carbocycles. The molecule has 4 heteroatoms. The monoisotopic (exact) mass is 219 g/mol. The van der Waals surface area contributed by atoms with E-state index in [1.165, 1.54) is 12.8 Å². The Morgan fingerprint density at radius 3 is 3.06 bits per heavy atom. The Bertz CT molecular complexity index is 382. The largest absolute Gasteiger partial charge is 0.374 e. The van der Waals surface area contributed by atoms with Crippen LogP contribution in [-0.4, -0.2) is 28.7 Å². The van der Waals surface area contributed by atoms with Crippen LogP contribution in [0.5, 0.6) is 0 Å². The molecule has 3 atom stereocenters. The fourth-order valence-corrected chi connectivity index (χ4v) is 2.79. The smallest absolute Gasteiger partial charge is 0.134 e. The third-order valence-corrected chi connectivity index (χ3v) is 3.57. The van der Waals surface area contributed by atoms with Gasteiger partial charge in [0, 0.05) is 24.2 Å². The average Bonchev–Trinajstić information content (AvgIpc) is 2.91. The second-order valence-electron chi connectivity index (χ2n) is 4.66. The first-order chi connectivity index (χ1) is 7.86. The van der Waals surface area contributed by atoms with E-state index < -0.39 is 0 Å². The molecule has 4 nitrogen and oxygen atoms in total. The maximum Gasteiger partial charge on any atom is 0.134 e.